The highest BCUT2D eigenvalue weighted by Crippen LogP contribution is 2.33. The molecular weight excluding hydrogens is 330 g/mol. The normalized spacial score (nSPS) is 11.9. The molecule has 0 saturated heterocycles. The molecule has 0 aliphatic heterocycles. The third kappa shape index (κ3) is 4.46. The van der Waals surface area contributed by atoms with Crippen molar-refractivity contribution in [3.05, 3.63) is 23.1 Å². The minimum absolute atomic E-state index is 0.331. The zero-order valence-electron chi connectivity index (χ0n) is 14.1. The molecule has 0 unspecified atom stereocenters. The molecule has 2 heterocycles. The maximum absolute atomic E-state index is 6.18. The summed E-state index contributed by atoms with van der Waals surface area (Å²) < 4.78 is 7.52. The molecule has 6 nitrogen and oxygen atoms in total. The van der Waals surface area contributed by atoms with Crippen LogP contribution in [0.2, 0.25) is 30.8 Å². The highest BCUT2D eigenvalue weighted by molar-refractivity contribution is 6.76. The summed E-state index contributed by atoms with van der Waals surface area (Å²) in [6.45, 7) is 9.85. The van der Waals surface area contributed by atoms with Crippen LogP contribution in [0.3, 0.4) is 0 Å². The number of halogens is 1. The molecule has 0 aromatic carbocycles. The summed E-state index contributed by atoms with van der Waals surface area (Å²) in [5, 5.41) is 4.81. The fourth-order valence-electron chi connectivity index (χ4n) is 2.15. The third-order valence-corrected chi connectivity index (χ3v) is 5.45. The standard InChI is InChI=1S/C15H24ClN5OSi/c1-10-14(18)15(11-7-13(16)19-8-12(11)17)21(20-10)9-22-5-6-23(2,3)4/h7-8H,5-6,9,17-18H2,1-4H3. The Balaban J connectivity index is 2.25. The number of hydrogen-bond donors (Lipinski definition) is 2. The molecule has 0 spiro atoms. The van der Waals surface area contributed by atoms with Crippen LogP contribution in [0.4, 0.5) is 11.4 Å². The minimum atomic E-state index is -1.12. The summed E-state index contributed by atoms with van der Waals surface area (Å²) in [6, 6.07) is 2.80. The smallest absolute Gasteiger partial charge is 0.140 e. The molecular formula is C15H24ClN5OSi. The van der Waals surface area contributed by atoms with Gasteiger partial charge in [-0.3, -0.25) is 0 Å². The summed E-state index contributed by atoms with van der Waals surface area (Å²) in [5.74, 6) is 0. The number of pyridine rings is 1. The molecule has 0 bridgehead atoms. The molecule has 4 N–H and O–H groups in total. The van der Waals surface area contributed by atoms with Crippen LogP contribution in [0.1, 0.15) is 5.69 Å². The maximum Gasteiger partial charge on any atom is 0.140 e. The Morgan fingerprint density at radius 2 is 2.00 bits per heavy atom. The Morgan fingerprint density at radius 1 is 1.30 bits per heavy atom. The van der Waals surface area contributed by atoms with Crippen molar-refractivity contribution in [2.24, 2.45) is 0 Å². The molecule has 126 valence electrons. The van der Waals surface area contributed by atoms with Gasteiger partial charge in [-0.15, -0.1) is 0 Å². The van der Waals surface area contributed by atoms with E-state index in [0.29, 0.717) is 29.9 Å². The zero-order valence-corrected chi connectivity index (χ0v) is 15.8. The van der Waals surface area contributed by atoms with E-state index in [4.69, 9.17) is 27.8 Å². The van der Waals surface area contributed by atoms with E-state index in [1.54, 1.807) is 10.7 Å². The topological polar surface area (TPSA) is 92.0 Å². The van der Waals surface area contributed by atoms with Crippen molar-refractivity contribution >= 4 is 31.0 Å². The van der Waals surface area contributed by atoms with Gasteiger partial charge >= 0.3 is 0 Å². The van der Waals surface area contributed by atoms with Crippen molar-refractivity contribution < 1.29 is 4.74 Å². The van der Waals surface area contributed by atoms with E-state index in [1.807, 2.05) is 6.92 Å². The highest BCUT2D eigenvalue weighted by atomic mass is 35.5. The summed E-state index contributed by atoms with van der Waals surface area (Å²) in [5.41, 5.74) is 15.5. The first-order valence-electron chi connectivity index (χ1n) is 7.51. The largest absolute Gasteiger partial charge is 0.397 e. The van der Waals surface area contributed by atoms with Crippen molar-refractivity contribution in [2.75, 3.05) is 18.1 Å². The van der Waals surface area contributed by atoms with E-state index in [2.05, 4.69) is 29.7 Å². The second-order valence-electron chi connectivity index (χ2n) is 6.79. The number of hydrogen-bond acceptors (Lipinski definition) is 5. The second kappa shape index (κ2) is 6.90. The highest BCUT2D eigenvalue weighted by Gasteiger charge is 2.18. The average Bonchev–Trinajstić information content (AvgIpc) is 2.72. The molecule has 2 rings (SSSR count). The summed E-state index contributed by atoms with van der Waals surface area (Å²) in [6.07, 6.45) is 1.52. The van der Waals surface area contributed by atoms with Gasteiger partial charge in [0.1, 0.15) is 11.9 Å². The van der Waals surface area contributed by atoms with E-state index in [-0.39, 0.29) is 0 Å². The number of anilines is 2. The molecule has 0 aliphatic rings. The lowest BCUT2D eigenvalue weighted by Crippen LogP contribution is -2.22. The third-order valence-electron chi connectivity index (χ3n) is 3.54. The Morgan fingerprint density at radius 3 is 2.65 bits per heavy atom. The Hall–Kier alpha value is -1.57. The maximum atomic E-state index is 6.18. The summed E-state index contributed by atoms with van der Waals surface area (Å²) in [4.78, 5) is 3.98. The molecule has 0 saturated carbocycles. The van der Waals surface area contributed by atoms with Crippen molar-refractivity contribution in [1.82, 2.24) is 14.8 Å². The Labute approximate surface area is 142 Å². The molecule has 2 aromatic rings. The van der Waals surface area contributed by atoms with E-state index < -0.39 is 8.07 Å². The minimum Gasteiger partial charge on any atom is -0.397 e. The van der Waals surface area contributed by atoms with Crippen LogP contribution in [0, 0.1) is 6.92 Å². The fraction of sp³-hybridized carbons (Fsp3) is 0.467. The first-order chi connectivity index (χ1) is 10.7. The van der Waals surface area contributed by atoms with Crippen LogP contribution in [0.15, 0.2) is 12.3 Å². The van der Waals surface area contributed by atoms with Crippen LogP contribution in [-0.4, -0.2) is 29.4 Å². The van der Waals surface area contributed by atoms with Crippen LogP contribution in [0.5, 0.6) is 0 Å². The van der Waals surface area contributed by atoms with Gasteiger partial charge in [-0.05, 0) is 19.0 Å². The number of aryl methyl sites for hydroxylation is 1. The van der Waals surface area contributed by atoms with E-state index in [0.717, 1.165) is 23.0 Å². The lowest BCUT2D eigenvalue weighted by molar-refractivity contribution is 0.0796. The first kappa shape index (κ1) is 17.8. The molecule has 23 heavy (non-hydrogen) atoms. The number of aromatic nitrogens is 3. The molecule has 0 aliphatic carbocycles. The van der Waals surface area contributed by atoms with Crippen LogP contribution >= 0.6 is 11.6 Å². The summed E-state index contributed by atoms with van der Waals surface area (Å²) >= 11 is 5.99. The number of nitrogens with zero attached hydrogens (tertiary/aromatic N) is 3. The van der Waals surface area contributed by atoms with Crippen molar-refractivity contribution in [3.63, 3.8) is 0 Å². The average molecular weight is 354 g/mol. The molecule has 2 aromatic heterocycles. The van der Waals surface area contributed by atoms with Gasteiger partial charge in [-0.25, -0.2) is 9.67 Å². The summed E-state index contributed by atoms with van der Waals surface area (Å²) in [7, 11) is -1.12. The van der Waals surface area contributed by atoms with Crippen molar-refractivity contribution in [2.45, 2.75) is 39.3 Å². The number of nitrogen functional groups attached to an aromatic ring is 2. The fourth-order valence-corrected chi connectivity index (χ4v) is 3.06. The molecule has 0 fully saturated rings. The van der Waals surface area contributed by atoms with E-state index >= 15 is 0 Å². The second-order valence-corrected chi connectivity index (χ2v) is 12.8. The van der Waals surface area contributed by atoms with Crippen LogP contribution < -0.4 is 11.5 Å². The number of ether oxygens (including phenoxy) is 1. The monoisotopic (exact) mass is 353 g/mol. The number of rotatable bonds is 6. The van der Waals surface area contributed by atoms with Gasteiger partial charge < -0.3 is 16.2 Å². The van der Waals surface area contributed by atoms with Gasteiger partial charge in [0, 0.05) is 20.2 Å². The quantitative estimate of drug-likeness (QED) is 0.471. The van der Waals surface area contributed by atoms with Gasteiger partial charge in [0.15, 0.2) is 0 Å². The van der Waals surface area contributed by atoms with Crippen molar-refractivity contribution in [1.29, 1.82) is 0 Å². The molecule has 8 heteroatoms. The lowest BCUT2D eigenvalue weighted by Gasteiger charge is -2.16. The van der Waals surface area contributed by atoms with Crippen LogP contribution in [0.25, 0.3) is 11.3 Å². The van der Waals surface area contributed by atoms with E-state index in [9.17, 15) is 0 Å². The van der Waals surface area contributed by atoms with E-state index in [1.165, 1.54) is 6.20 Å². The predicted octanol–water partition coefficient (Wildman–Crippen LogP) is 3.38. The van der Waals surface area contributed by atoms with Gasteiger partial charge in [0.25, 0.3) is 0 Å². The van der Waals surface area contributed by atoms with Gasteiger partial charge in [0.05, 0.1) is 29.0 Å². The predicted molar refractivity (Wildman–Crippen MR) is 98.1 cm³/mol. The Bertz CT molecular complexity index is 696. The number of nitrogens with two attached hydrogens (primary N) is 2. The molecule has 0 amide bonds. The molecule has 0 atom stereocenters. The van der Waals surface area contributed by atoms with Crippen molar-refractivity contribution in [3.8, 4) is 11.3 Å². The lowest BCUT2D eigenvalue weighted by atomic mass is 10.1. The first-order valence-corrected chi connectivity index (χ1v) is 11.6. The molecule has 0 radical (unpaired) electrons. The van der Waals surface area contributed by atoms with Gasteiger partial charge in [-0.1, -0.05) is 31.2 Å². The Kier molecular flexibility index (Phi) is 5.33. The zero-order chi connectivity index (χ0) is 17.2. The van der Waals surface area contributed by atoms with Gasteiger partial charge in [0.2, 0.25) is 0 Å². The van der Waals surface area contributed by atoms with Crippen LogP contribution in [-0.2, 0) is 11.5 Å². The van der Waals surface area contributed by atoms with Gasteiger partial charge in [-0.2, -0.15) is 5.10 Å². The SMILES string of the molecule is Cc1nn(COCC[Si](C)(C)C)c(-c2cc(Cl)ncc2N)c1N.